The molecule has 348 valence electrons. The van der Waals surface area contributed by atoms with Crippen molar-refractivity contribution < 1.29 is 19.7 Å². The number of aromatic hydroxyl groups is 2. The van der Waals surface area contributed by atoms with E-state index in [-0.39, 0.29) is 11.5 Å². The molecule has 0 aliphatic carbocycles. The molecule has 0 atom stereocenters. The Morgan fingerprint density at radius 2 is 0.689 bits per heavy atom. The van der Waals surface area contributed by atoms with E-state index in [1.54, 1.807) is 24.6 Å². The Morgan fingerprint density at radius 1 is 0.410 bits per heavy atom. The third-order valence-corrected chi connectivity index (χ3v) is 11.8. The van der Waals surface area contributed by atoms with Gasteiger partial charge in [0.25, 0.3) is 0 Å². The quantitative estimate of drug-likeness (QED) is 0.0456. The van der Waals surface area contributed by atoms with Crippen LogP contribution >= 0.6 is 0 Å². The van der Waals surface area contributed by atoms with Gasteiger partial charge in [0.2, 0.25) is 0 Å². The number of unbranched alkanes of at least 4 members (excludes halogenated alkanes) is 30. The van der Waals surface area contributed by atoms with Crippen LogP contribution in [0.15, 0.2) is 46.4 Å². The number of phenolic OH excluding ortho intramolecular Hbond substituents is 2. The van der Waals surface area contributed by atoms with E-state index in [2.05, 4.69) is 29.1 Å². The zero-order valence-corrected chi connectivity index (χ0v) is 39.6. The summed E-state index contributed by atoms with van der Waals surface area (Å²) in [4.78, 5) is 8.92. The summed E-state index contributed by atoms with van der Waals surface area (Å²) in [7, 11) is 0. The molecule has 3 N–H and O–H groups in total. The number of ether oxygens (including phenoxy) is 2. The van der Waals surface area contributed by atoms with Crippen LogP contribution in [0.25, 0.3) is 0 Å². The number of phenols is 2. The molecule has 2 rings (SSSR count). The van der Waals surface area contributed by atoms with E-state index < -0.39 is 0 Å². The first kappa shape index (κ1) is 54.1. The van der Waals surface area contributed by atoms with Gasteiger partial charge in [-0.1, -0.05) is 206 Å². The van der Waals surface area contributed by atoms with Crippen LogP contribution in [-0.2, 0) is 0 Å². The van der Waals surface area contributed by atoms with Crippen molar-refractivity contribution in [2.24, 2.45) is 9.98 Å². The van der Waals surface area contributed by atoms with Crippen LogP contribution < -0.4 is 14.8 Å². The summed E-state index contributed by atoms with van der Waals surface area (Å²) < 4.78 is 11.8. The fourth-order valence-electron chi connectivity index (χ4n) is 7.86. The van der Waals surface area contributed by atoms with Gasteiger partial charge in [-0.3, -0.25) is 9.98 Å². The van der Waals surface area contributed by atoms with Crippen LogP contribution in [0, 0.1) is 0 Å². The summed E-state index contributed by atoms with van der Waals surface area (Å²) in [5.74, 6) is 1.79. The van der Waals surface area contributed by atoms with Crippen molar-refractivity contribution in [2.75, 3.05) is 39.4 Å². The highest BCUT2D eigenvalue weighted by Crippen LogP contribution is 2.24. The monoisotopic (exact) mass is 848 g/mol. The van der Waals surface area contributed by atoms with Gasteiger partial charge in [-0.05, 0) is 37.1 Å². The Morgan fingerprint density at radius 3 is 0.967 bits per heavy atom. The molecule has 2 aromatic rings. The maximum absolute atomic E-state index is 10.5. The van der Waals surface area contributed by atoms with Gasteiger partial charge in [0.1, 0.15) is 23.0 Å². The molecule has 0 unspecified atom stereocenters. The van der Waals surface area contributed by atoms with Crippen LogP contribution in [-0.4, -0.2) is 62.0 Å². The average Bonchev–Trinajstić information content (AvgIpc) is 3.26. The van der Waals surface area contributed by atoms with Crippen LogP contribution in [0.4, 0.5) is 0 Å². The topological polar surface area (TPSA) is 95.7 Å². The molecule has 0 fully saturated rings. The van der Waals surface area contributed by atoms with Crippen LogP contribution in [0.3, 0.4) is 0 Å². The lowest BCUT2D eigenvalue weighted by molar-refractivity contribution is 0.302. The molecule has 2 aromatic carbocycles. The highest BCUT2D eigenvalue weighted by molar-refractivity contribution is 5.84. The molecule has 7 heteroatoms. The maximum atomic E-state index is 10.5. The molecule has 0 saturated heterocycles. The lowest BCUT2D eigenvalue weighted by Crippen LogP contribution is -2.20. The van der Waals surface area contributed by atoms with Crippen LogP contribution in [0.2, 0.25) is 0 Å². The number of nitrogens with zero attached hydrogens (tertiary/aromatic N) is 2. The number of nitrogens with one attached hydrogen (secondary N) is 1. The summed E-state index contributed by atoms with van der Waals surface area (Å²) in [5.41, 5.74) is 1.38. The van der Waals surface area contributed by atoms with Gasteiger partial charge in [-0.25, -0.2) is 0 Å². The molecule has 0 aromatic heterocycles. The second-order valence-corrected chi connectivity index (χ2v) is 17.6. The molecule has 0 heterocycles. The number of hydrogen-bond acceptors (Lipinski definition) is 7. The Labute approximate surface area is 375 Å². The van der Waals surface area contributed by atoms with Crippen molar-refractivity contribution in [1.82, 2.24) is 5.32 Å². The first-order valence-corrected chi connectivity index (χ1v) is 25.8. The van der Waals surface area contributed by atoms with Crippen molar-refractivity contribution in [3.05, 3.63) is 47.5 Å². The molecule has 0 spiro atoms. The molecule has 61 heavy (non-hydrogen) atoms. The molecular weight excluding hydrogens is 755 g/mol. The van der Waals surface area contributed by atoms with E-state index >= 15 is 0 Å². The minimum Gasteiger partial charge on any atom is -0.507 e. The van der Waals surface area contributed by atoms with E-state index in [0.717, 1.165) is 12.8 Å². The summed E-state index contributed by atoms with van der Waals surface area (Å²) in [6, 6.07) is 10.9. The summed E-state index contributed by atoms with van der Waals surface area (Å²) in [6.07, 6.45) is 46.9. The van der Waals surface area contributed by atoms with Gasteiger partial charge in [0.15, 0.2) is 0 Å². The molecule has 0 radical (unpaired) electrons. The third-order valence-electron chi connectivity index (χ3n) is 11.8. The normalized spacial score (nSPS) is 11.7. The standard InChI is InChI=1S/C54H93N3O4/c1-3-5-7-9-11-13-15-17-19-21-23-25-27-29-31-33-43-60-51-37-35-49(53(58)45-51)47-56-41-39-55-40-42-57-48-50-36-38-52(46-54(50)59)61-44-34-32-30-28-26-24-22-20-18-16-14-12-10-8-6-4-2/h35-38,45-48,55,58-59H,3-34,39-44H2,1-2H3. The second-order valence-electron chi connectivity index (χ2n) is 17.6. The fraction of sp³-hybridized carbons (Fsp3) is 0.741. The van der Waals surface area contributed by atoms with Crippen LogP contribution in [0.1, 0.15) is 230 Å². The Hall–Kier alpha value is -3.06. The highest BCUT2D eigenvalue weighted by atomic mass is 16.5. The summed E-state index contributed by atoms with van der Waals surface area (Å²) in [6.45, 7) is 8.56. The van der Waals surface area contributed by atoms with E-state index in [0.29, 0.717) is 62.0 Å². The first-order chi connectivity index (χ1) is 30.1. The molecule has 0 aliphatic rings. The summed E-state index contributed by atoms with van der Waals surface area (Å²) in [5, 5.41) is 24.3. The maximum Gasteiger partial charge on any atom is 0.128 e. The number of rotatable bonds is 44. The van der Waals surface area contributed by atoms with Gasteiger partial charge in [-0.2, -0.15) is 0 Å². The molecule has 0 bridgehead atoms. The zero-order chi connectivity index (χ0) is 43.5. The van der Waals surface area contributed by atoms with Gasteiger partial charge < -0.3 is 25.0 Å². The van der Waals surface area contributed by atoms with Crippen molar-refractivity contribution in [2.45, 2.75) is 219 Å². The van der Waals surface area contributed by atoms with E-state index in [9.17, 15) is 10.2 Å². The van der Waals surface area contributed by atoms with Gasteiger partial charge in [0.05, 0.1) is 26.3 Å². The minimum absolute atomic E-state index is 0.189. The number of aliphatic imine (C=N–C) groups is 2. The molecular formula is C54H93N3O4. The smallest absolute Gasteiger partial charge is 0.128 e. The largest absolute Gasteiger partial charge is 0.507 e. The molecule has 7 nitrogen and oxygen atoms in total. The predicted octanol–water partition coefficient (Wildman–Crippen LogP) is 15.5. The molecule has 0 saturated carbocycles. The van der Waals surface area contributed by atoms with Gasteiger partial charge in [-0.15, -0.1) is 0 Å². The zero-order valence-electron chi connectivity index (χ0n) is 39.6. The van der Waals surface area contributed by atoms with E-state index in [1.807, 2.05) is 24.3 Å². The Kier molecular flexibility index (Phi) is 36.3. The first-order valence-electron chi connectivity index (χ1n) is 25.8. The number of benzene rings is 2. The van der Waals surface area contributed by atoms with E-state index in [1.165, 1.54) is 193 Å². The average molecular weight is 848 g/mol. The van der Waals surface area contributed by atoms with E-state index in [4.69, 9.17) is 9.47 Å². The SMILES string of the molecule is CCCCCCCCCCCCCCCCCCOc1ccc(C=NCCNCCN=Cc2ccc(OCCCCCCCCCCCCCCCCCC)cc2O)c(O)c1. The minimum atomic E-state index is 0.189. The third kappa shape index (κ3) is 32.3. The molecule has 0 amide bonds. The van der Waals surface area contributed by atoms with Gasteiger partial charge >= 0.3 is 0 Å². The van der Waals surface area contributed by atoms with Crippen molar-refractivity contribution in [3.63, 3.8) is 0 Å². The van der Waals surface area contributed by atoms with Gasteiger partial charge in [0, 0.05) is 48.8 Å². The Bertz CT molecular complexity index is 1230. The lowest BCUT2D eigenvalue weighted by atomic mass is 10.0. The van der Waals surface area contributed by atoms with Crippen molar-refractivity contribution in [3.8, 4) is 23.0 Å². The number of hydrogen-bond donors (Lipinski definition) is 3. The Balaban J connectivity index is 1.40. The summed E-state index contributed by atoms with van der Waals surface area (Å²) >= 11 is 0. The second kappa shape index (κ2) is 41.0. The van der Waals surface area contributed by atoms with Crippen molar-refractivity contribution in [1.29, 1.82) is 0 Å². The van der Waals surface area contributed by atoms with Crippen LogP contribution in [0.5, 0.6) is 23.0 Å². The predicted molar refractivity (Wildman–Crippen MR) is 264 cm³/mol. The lowest BCUT2D eigenvalue weighted by Gasteiger charge is -2.08. The molecule has 0 aliphatic heterocycles. The van der Waals surface area contributed by atoms with Crippen molar-refractivity contribution >= 4 is 12.4 Å². The highest BCUT2D eigenvalue weighted by Gasteiger charge is 2.04. The fourth-order valence-corrected chi connectivity index (χ4v) is 7.86.